The van der Waals surface area contributed by atoms with Crippen molar-refractivity contribution in [2.75, 3.05) is 7.11 Å². The Morgan fingerprint density at radius 1 is 0.769 bits per heavy atom. The van der Waals surface area contributed by atoms with Crippen LogP contribution in [0.5, 0.6) is 0 Å². The molecule has 0 spiro atoms. The van der Waals surface area contributed by atoms with Gasteiger partial charge >= 0.3 is 24.1 Å². The van der Waals surface area contributed by atoms with Crippen LogP contribution in [0.2, 0.25) is 0 Å². The number of methoxy groups -OCH3 is 1. The van der Waals surface area contributed by atoms with Crippen LogP contribution in [-0.4, -0.2) is 47.4 Å². The first-order chi connectivity index (χ1) is 18.8. The van der Waals surface area contributed by atoms with Crippen molar-refractivity contribution in [2.24, 2.45) is 0 Å². The van der Waals surface area contributed by atoms with Gasteiger partial charge in [-0.1, -0.05) is 38.5 Å². The lowest BCUT2D eigenvalue weighted by Crippen LogP contribution is -2.56. The van der Waals surface area contributed by atoms with Crippen molar-refractivity contribution >= 4 is 24.1 Å². The van der Waals surface area contributed by atoms with Crippen LogP contribution in [0, 0.1) is 0 Å². The van der Waals surface area contributed by atoms with E-state index in [1.165, 1.54) is 19.6 Å². The molecule has 214 valence electrons. The Morgan fingerprint density at radius 3 is 1.59 bits per heavy atom. The molecule has 39 heavy (non-hydrogen) atoms. The summed E-state index contributed by atoms with van der Waals surface area (Å²) in [5, 5.41) is 14.5. The summed E-state index contributed by atoms with van der Waals surface area (Å²) in [6, 6.07) is 6.80. The number of nitrogens with one attached hydrogen (secondary N) is 2. The lowest BCUT2D eigenvalue weighted by atomic mass is 9.82. The number of alkyl carbamates (subject to hydrolysis) is 2. The van der Waals surface area contributed by atoms with Gasteiger partial charge in [-0.2, -0.15) is 0 Å². The van der Waals surface area contributed by atoms with Crippen molar-refractivity contribution < 1.29 is 47.3 Å². The number of amides is 2. The van der Waals surface area contributed by atoms with Crippen LogP contribution in [0.25, 0.3) is 0 Å². The van der Waals surface area contributed by atoms with E-state index in [1.54, 1.807) is 24.3 Å². The second-order valence-electron chi connectivity index (χ2n) is 9.64. The molecular formula is C27H36N2O10. The third kappa shape index (κ3) is 8.52. The van der Waals surface area contributed by atoms with Crippen LogP contribution in [0.1, 0.15) is 75.7 Å². The van der Waals surface area contributed by atoms with Gasteiger partial charge in [-0.05, 0) is 49.9 Å². The number of carbonyl (C=O) groups is 4. The zero-order valence-corrected chi connectivity index (χ0v) is 22.1. The molecule has 0 aromatic carbocycles. The number of carboxylic acid groups (broad SMARTS) is 1. The number of hydrogen-bond acceptors (Lipinski definition) is 9. The zero-order chi connectivity index (χ0) is 28.1. The highest BCUT2D eigenvalue weighted by Gasteiger charge is 2.43. The van der Waals surface area contributed by atoms with Crippen LogP contribution >= 0.6 is 0 Å². The molecule has 12 nitrogen and oxygen atoms in total. The molecule has 2 heterocycles. The third-order valence-electron chi connectivity index (χ3n) is 6.93. The summed E-state index contributed by atoms with van der Waals surface area (Å²) < 4.78 is 24.9. The van der Waals surface area contributed by atoms with E-state index < -0.39 is 35.2 Å². The minimum Gasteiger partial charge on any atom is -0.480 e. The molecule has 0 bridgehead atoms. The number of carboxylic acids is 1. The molecule has 0 saturated heterocycles. The Labute approximate surface area is 226 Å². The van der Waals surface area contributed by atoms with Gasteiger partial charge in [-0.3, -0.25) is 0 Å². The van der Waals surface area contributed by atoms with Crippen molar-refractivity contribution in [3.8, 4) is 0 Å². The summed E-state index contributed by atoms with van der Waals surface area (Å²) in [6.07, 6.45) is 9.09. The molecule has 2 aromatic rings. The lowest BCUT2D eigenvalue weighted by molar-refractivity contribution is -0.150. The van der Waals surface area contributed by atoms with Gasteiger partial charge in [0.15, 0.2) is 13.2 Å². The monoisotopic (exact) mass is 548 g/mol. The average Bonchev–Trinajstić information content (AvgIpc) is 3.66. The van der Waals surface area contributed by atoms with E-state index in [4.69, 9.17) is 23.0 Å². The number of furan rings is 2. The molecule has 2 saturated carbocycles. The summed E-state index contributed by atoms with van der Waals surface area (Å²) >= 11 is 0. The molecule has 2 fully saturated rings. The largest absolute Gasteiger partial charge is 0.480 e. The molecule has 2 aliphatic rings. The van der Waals surface area contributed by atoms with Crippen molar-refractivity contribution in [2.45, 2.75) is 88.5 Å². The van der Waals surface area contributed by atoms with Crippen molar-refractivity contribution in [3.05, 3.63) is 48.3 Å². The maximum atomic E-state index is 11.9. The van der Waals surface area contributed by atoms with Gasteiger partial charge in [0, 0.05) is 0 Å². The third-order valence-corrected chi connectivity index (χ3v) is 6.93. The molecular weight excluding hydrogens is 512 g/mol. The second-order valence-corrected chi connectivity index (χ2v) is 9.64. The smallest absolute Gasteiger partial charge is 0.408 e. The SMILES string of the molecule is COC(=O)C1(NC(=O)OCc2ccco2)CCCCC1.O=C(NC1(C(=O)O)CCCCC1)OCc1ccco1. The minimum absolute atomic E-state index is 0.00542. The van der Waals surface area contributed by atoms with E-state index in [1.807, 2.05) is 0 Å². The number of aliphatic carboxylic acids is 1. The zero-order valence-electron chi connectivity index (χ0n) is 22.1. The molecule has 12 heteroatoms. The molecule has 0 aliphatic heterocycles. The Kier molecular flexibility index (Phi) is 10.8. The first-order valence-corrected chi connectivity index (χ1v) is 13.0. The number of carbonyl (C=O) groups excluding carboxylic acids is 3. The fourth-order valence-electron chi connectivity index (χ4n) is 4.80. The first kappa shape index (κ1) is 29.6. The molecule has 4 rings (SSSR count). The van der Waals surface area contributed by atoms with Crippen LogP contribution < -0.4 is 10.6 Å². The van der Waals surface area contributed by atoms with Gasteiger partial charge in [-0.15, -0.1) is 0 Å². The summed E-state index contributed by atoms with van der Waals surface area (Å²) in [6.45, 7) is 0.0324. The van der Waals surface area contributed by atoms with Crippen LogP contribution in [0.4, 0.5) is 9.59 Å². The Morgan fingerprint density at radius 2 is 1.21 bits per heavy atom. The van der Waals surface area contributed by atoms with Gasteiger partial charge in [0.25, 0.3) is 0 Å². The predicted octanol–water partition coefficient (Wildman–Crippen LogP) is 4.68. The Hall–Kier alpha value is -3.96. The van der Waals surface area contributed by atoms with Crippen LogP contribution in [0.15, 0.2) is 45.6 Å². The summed E-state index contributed by atoms with van der Waals surface area (Å²) in [5.41, 5.74) is -2.13. The number of esters is 1. The van der Waals surface area contributed by atoms with E-state index in [9.17, 15) is 24.3 Å². The highest BCUT2D eigenvalue weighted by Crippen LogP contribution is 2.30. The standard InChI is InChI=1S/C14H19NO5.C13H17NO5/c1-18-12(16)14(7-3-2-4-8-14)15-13(17)20-10-11-6-5-9-19-11;15-11(16)13(6-2-1-3-7-13)14-12(17)19-9-10-5-4-8-18-10/h5-6,9H,2-4,7-8,10H2,1H3,(H,15,17);4-5,8H,1-3,6-7,9H2,(H,14,17)(H,15,16). The van der Waals surface area contributed by atoms with Crippen molar-refractivity contribution in [1.82, 2.24) is 10.6 Å². The van der Waals surface area contributed by atoms with Gasteiger partial charge in [0.1, 0.15) is 22.6 Å². The van der Waals surface area contributed by atoms with Crippen molar-refractivity contribution in [1.29, 1.82) is 0 Å². The van der Waals surface area contributed by atoms with E-state index in [-0.39, 0.29) is 13.2 Å². The molecule has 3 N–H and O–H groups in total. The highest BCUT2D eigenvalue weighted by atomic mass is 16.6. The first-order valence-electron chi connectivity index (χ1n) is 13.0. The maximum Gasteiger partial charge on any atom is 0.408 e. The summed E-state index contributed by atoms with van der Waals surface area (Å²) in [4.78, 5) is 46.8. The highest BCUT2D eigenvalue weighted by molar-refractivity contribution is 5.86. The average molecular weight is 549 g/mol. The summed E-state index contributed by atoms with van der Waals surface area (Å²) in [5.74, 6) is -0.339. The quantitative estimate of drug-likeness (QED) is 0.311. The fourth-order valence-corrected chi connectivity index (χ4v) is 4.80. The topological polar surface area (TPSA) is 167 Å². The Balaban J connectivity index is 0.000000216. The molecule has 0 atom stereocenters. The van der Waals surface area contributed by atoms with Gasteiger partial charge in [0.2, 0.25) is 0 Å². The van der Waals surface area contributed by atoms with E-state index in [0.29, 0.717) is 37.2 Å². The van der Waals surface area contributed by atoms with Gasteiger partial charge in [0.05, 0.1) is 19.6 Å². The molecule has 2 amide bonds. The maximum absolute atomic E-state index is 11.9. The molecule has 0 radical (unpaired) electrons. The predicted molar refractivity (Wildman–Crippen MR) is 135 cm³/mol. The van der Waals surface area contributed by atoms with Crippen LogP contribution in [0.3, 0.4) is 0 Å². The normalized spacial score (nSPS) is 17.5. The Bertz CT molecular complexity index is 1050. The lowest BCUT2D eigenvalue weighted by Gasteiger charge is -2.34. The van der Waals surface area contributed by atoms with Crippen LogP contribution in [-0.2, 0) is 37.0 Å². The molecule has 2 aromatic heterocycles. The summed E-state index contributed by atoms with van der Waals surface area (Å²) in [7, 11) is 1.33. The number of rotatable bonds is 8. The number of hydrogen-bond donors (Lipinski definition) is 3. The fraction of sp³-hybridized carbons (Fsp3) is 0.556. The minimum atomic E-state index is -1.18. The van der Waals surface area contributed by atoms with E-state index in [2.05, 4.69) is 10.6 Å². The van der Waals surface area contributed by atoms with Gasteiger partial charge in [-0.25, -0.2) is 19.2 Å². The second kappa shape index (κ2) is 14.3. The number of ether oxygens (including phenoxy) is 3. The molecule has 0 unspecified atom stereocenters. The van der Waals surface area contributed by atoms with E-state index in [0.717, 1.165) is 38.5 Å². The van der Waals surface area contributed by atoms with Crippen molar-refractivity contribution in [3.63, 3.8) is 0 Å². The van der Waals surface area contributed by atoms with Gasteiger partial charge < -0.3 is 38.8 Å². The van der Waals surface area contributed by atoms with E-state index >= 15 is 0 Å². The molecule has 2 aliphatic carbocycles.